The van der Waals surface area contributed by atoms with Crippen LogP contribution in [-0.4, -0.2) is 28.8 Å². The van der Waals surface area contributed by atoms with E-state index in [2.05, 4.69) is 5.32 Å². The molecule has 0 radical (unpaired) electrons. The average Bonchev–Trinajstić information content (AvgIpc) is 3.62. The topological polar surface area (TPSA) is 49.4 Å². The monoisotopic (exact) mass is 374 g/mol. The molecule has 4 rings (SSSR count). The molecule has 1 N–H and O–H groups in total. The Bertz CT molecular complexity index is 879. The van der Waals surface area contributed by atoms with Crippen LogP contribution < -0.4 is 5.32 Å². The molecule has 2 amide bonds. The molecule has 2 aliphatic carbocycles. The van der Waals surface area contributed by atoms with Crippen molar-refractivity contribution in [3.63, 3.8) is 0 Å². The first-order valence-corrected chi connectivity index (χ1v) is 10.0. The summed E-state index contributed by atoms with van der Waals surface area (Å²) in [7, 11) is 0. The Morgan fingerprint density at radius 1 is 0.964 bits per heavy atom. The van der Waals surface area contributed by atoms with E-state index in [1.807, 2.05) is 66.4 Å². The Labute approximate surface area is 166 Å². The van der Waals surface area contributed by atoms with E-state index < -0.39 is 0 Å². The van der Waals surface area contributed by atoms with Crippen LogP contribution in [0.1, 0.15) is 54.1 Å². The Morgan fingerprint density at radius 3 is 2.25 bits per heavy atom. The zero-order valence-electron chi connectivity index (χ0n) is 16.2. The number of amides is 2. The van der Waals surface area contributed by atoms with Crippen molar-refractivity contribution in [1.29, 1.82) is 0 Å². The lowest BCUT2D eigenvalue weighted by atomic mass is 10.1. The first-order valence-electron chi connectivity index (χ1n) is 10.0. The van der Waals surface area contributed by atoms with Gasteiger partial charge in [-0.05, 0) is 61.4 Å². The maximum absolute atomic E-state index is 12.9. The Kier molecular flexibility index (Phi) is 5.29. The van der Waals surface area contributed by atoms with Gasteiger partial charge >= 0.3 is 0 Å². The molecule has 0 atom stereocenters. The molecule has 0 heterocycles. The van der Waals surface area contributed by atoms with E-state index in [1.165, 1.54) is 0 Å². The highest BCUT2D eigenvalue weighted by atomic mass is 16.2. The van der Waals surface area contributed by atoms with Gasteiger partial charge < -0.3 is 10.2 Å². The van der Waals surface area contributed by atoms with Crippen LogP contribution in [0.3, 0.4) is 0 Å². The van der Waals surface area contributed by atoms with Crippen molar-refractivity contribution in [3.8, 4) is 0 Å². The van der Waals surface area contributed by atoms with Gasteiger partial charge in [-0.3, -0.25) is 9.59 Å². The molecule has 0 unspecified atom stereocenters. The molecule has 2 aliphatic rings. The van der Waals surface area contributed by atoms with Crippen molar-refractivity contribution in [2.45, 2.75) is 51.2 Å². The average molecular weight is 374 g/mol. The Morgan fingerprint density at radius 2 is 1.64 bits per heavy atom. The molecule has 4 heteroatoms. The predicted octanol–water partition coefficient (Wildman–Crippen LogP) is 4.17. The van der Waals surface area contributed by atoms with Crippen molar-refractivity contribution in [2.24, 2.45) is 0 Å². The molecule has 2 fully saturated rings. The standard InChI is InChI=1S/C24H26N2O2/c1-17(19-5-3-2-4-6-19)15-23(27)26(22-13-14-22)16-18-7-9-20(10-8-18)24(28)25-21-11-12-21/h2-10,15,21-22H,11-14,16H2,1H3,(H,25,28). The van der Waals surface area contributed by atoms with Crippen LogP contribution in [0.2, 0.25) is 0 Å². The number of allylic oxidation sites excluding steroid dienone is 1. The molecular weight excluding hydrogens is 348 g/mol. The number of benzene rings is 2. The molecule has 2 aromatic carbocycles. The van der Waals surface area contributed by atoms with Crippen molar-refractivity contribution >= 4 is 17.4 Å². The molecule has 28 heavy (non-hydrogen) atoms. The molecule has 0 bridgehead atoms. The second-order valence-electron chi connectivity index (χ2n) is 7.84. The lowest BCUT2D eigenvalue weighted by molar-refractivity contribution is -0.127. The third-order valence-corrected chi connectivity index (χ3v) is 5.32. The van der Waals surface area contributed by atoms with Gasteiger partial charge in [0.1, 0.15) is 0 Å². The normalized spacial score (nSPS) is 16.5. The van der Waals surface area contributed by atoms with E-state index in [9.17, 15) is 9.59 Å². The van der Waals surface area contributed by atoms with Crippen molar-refractivity contribution in [1.82, 2.24) is 10.2 Å². The summed E-state index contributed by atoms with van der Waals surface area (Å²) >= 11 is 0. The predicted molar refractivity (Wildman–Crippen MR) is 111 cm³/mol. The first kappa shape index (κ1) is 18.5. The molecule has 144 valence electrons. The molecule has 2 saturated carbocycles. The number of rotatable bonds is 7. The van der Waals surface area contributed by atoms with Crippen LogP contribution in [0, 0.1) is 0 Å². The van der Waals surface area contributed by atoms with Gasteiger partial charge in [-0.25, -0.2) is 0 Å². The van der Waals surface area contributed by atoms with E-state index in [4.69, 9.17) is 0 Å². The van der Waals surface area contributed by atoms with Crippen LogP contribution >= 0.6 is 0 Å². The first-order chi connectivity index (χ1) is 13.6. The van der Waals surface area contributed by atoms with Crippen molar-refractivity contribution in [2.75, 3.05) is 0 Å². The number of carbonyl (C=O) groups is 2. The number of nitrogens with zero attached hydrogens (tertiary/aromatic N) is 1. The van der Waals surface area contributed by atoms with Gasteiger partial charge in [-0.1, -0.05) is 42.5 Å². The van der Waals surface area contributed by atoms with Gasteiger partial charge in [0, 0.05) is 30.3 Å². The number of nitrogens with one attached hydrogen (secondary N) is 1. The third kappa shape index (κ3) is 4.69. The highest BCUT2D eigenvalue weighted by Crippen LogP contribution is 2.29. The second-order valence-corrected chi connectivity index (χ2v) is 7.84. The van der Waals surface area contributed by atoms with Crippen LogP contribution in [0.5, 0.6) is 0 Å². The van der Waals surface area contributed by atoms with E-state index in [-0.39, 0.29) is 11.8 Å². The van der Waals surface area contributed by atoms with Gasteiger partial charge in [0.25, 0.3) is 5.91 Å². The Hall–Kier alpha value is -2.88. The summed E-state index contributed by atoms with van der Waals surface area (Å²) in [5.74, 6) is 0.0463. The maximum Gasteiger partial charge on any atom is 0.251 e. The van der Waals surface area contributed by atoms with Crippen LogP contribution in [0.25, 0.3) is 5.57 Å². The summed E-state index contributed by atoms with van der Waals surface area (Å²) in [5, 5.41) is 3.00. The van der Waals surface area contributed by atoms with Gasteiger partial charge in [-0.2, -0.15) is 0 Å². The summed E-state index contributed by atoms with van der Waals surface area (Å²) < 4.78 is 0. The van der Waals surface area contributed by atoms with E-state index in [0.717, 1.165) is 42.4 Å². The van der Waals surface area contributed by atoms with E-state index >= 15 is 0 Å². The minimum atomic E-state index is -0.00871. The molecule has 4 nitrogen and oxygen atoms in total. The second kappa shape index (κ2) is 8.01. The molecule has 0 saturated heterocycles. The minimum absolute atomic E-state index is 0.00871. The largest absolute Gasteiger partial charge is 0.349 e. The highest BCUT2D eigenvalue weighted by Gasteiger charge is 2.31. The van der Waals surface area contributed by atoms with Gasteiger partial charge in [0.2, 0.25) is 5.91 Å². The lowest BCUT2D eigenvalue weighted by Crippen LogP contribution is -2.31. The van der Waals surface area contributed by atoms with Crippen molar-refractivity contribution < 1.29 is 9.59 Å². The smallest absolute Gasteiger partial charge is 0.251 e. The maximum atomic E-state index is 12.9. The number of hydrogen-bond donors (Lipinski definition) is 1. The summed E-state index contributed by atoms with van der Waals surface area (Å²) in [6.07, 6.45) is 6.03. The summed E-state index contributed by atoms with van der Waals surface area (Å²) in [6, 6.07) is 18.3. The van der Waals surface area contributed by atoms with Gasteiger partial charge in [0.15, 0.2) is 0 Å². The van der Waals surface area contributed by atoms with E-state index in [1.54, 1.807) is 6.08 Å². The van der Waals surface area contributed by atoms with Crippen molar-refractivity contribution in [3.05, 3.63) is 77.4 Å². The lowest BCUT2D eigenvalue weighted by Gasteiger charge is -2.21. The third-order valence-electron chi connectivity index (χ3n) is 5.32. The Balaban J connectivity index is 1.43. The molecule has 2 aromatic rings. The molecule has 0 aromatic heterocycles. The van der Waals surface area contributed by atoms with E-state index in [0.29, 0.717) is 24.2 Å². The molecule has 0 aliphatic heterocycles. The summed E-state index contributed by atoms with van der Waals surface area (Å²) in [5.41, 5.74) is 3.77. The number of carbonyl (C=O) groups excluding carboxylic acids is 2. The number of hydrogen-bond acceptors (Lipinski definition) is 2. The fraction of sp³-hybridized carbons (Fsp3) is 0.333. The zero-order valence-corrected chi connectivity index (χ0v) is 16.2. The SMILES string of the molecule is CC(=CC(=O)N(Cc1ccc(C(=O)NC2CC2)cc1)C1CC1)c1ccccc1. The quantitative estimate of drug-likeness (QED) is 0.740. The summed E-state index contributed by atoms with van der Waals surface area (Å²) in [6.45, 7) is 2.55. The van der Waals surface area contributed by atoms with Crippen LogP contribution in [0.4, 0.5) is 0 Å². The van der Waals surface area contributed by atoms with Gasteiger partial charge in [-0.15, -0.1) is 0 Å². The zero-order chi connectivity index (χ0) is 19.5. The van der Waals surface area contributed by atoms with Crippen LogP contribution in [-0.2, 0) is 11.3 Å². The molecular formula is C24H26N2O2. The minimum Gasteiger partial charge on any atom is -0.349 e. The highest BCUT2D eigenvalue weighted by molar-refractivity contribution is 5.95. The molecule has 0 spiro atoms. The fourth-order valence-electron chi connectivity index (χ4n) is 3.28. The fourth-order valence-corrected chi connectivity index (χ4v) is 3.28. The van der Waals surface area contributed by atoms with Gasteiger partial charge in [0.05, 0.1) is 0 Å². The summed E-state index contributed by atoms with van der Waals surface area (Å²) in [4.78, 5) is 27.0. The van der Waals surface area contributed by atoms with Crippen LogP contribution in [0.15, 0.2) is 60.7 Å².